The van der Waals surface area contributed by atoms with Gasteiger partial charge in [-0.3, -0.25) is 10.1 Å². The summed E-state index contributed by atoms with van der Waals surface area (Å²) in [7, 11) is 0. The first-order valence-corrected chi connectivity index (χ1v) is 7.44. The van der Waals surface area contributed by atoms with Crippen molar-refractivity contribution in [1.82, 2.24) is 0 Å². The quantitative estimate of drug-likeness (QED) is 0.438. The molecule has 0 saturated carbocycles. The molecule has 0 aliphatic carbocycles. The fraction of sp³-hybridized carbons (Fsp3) is 0.235. The third-order valence-corrected chi connectivity index (χ3v) is 3.93. The van der Waals surface area contributed by atoms with Crippen molar-refractivity contribution in [2.45, 2.75) is 12.3 Å². The summed E-state index contributed by atoms with van der Waals surface area (Å²) < 4.78 is 13.1. The molecule has 6 heteroatoms. The minimum Gasteiger partial charge on any atom is -0.303 e. The van der Waals surface area contributed by atoms with Gasteiger partial charge in [0.05, 0.1) is 5.92 Å². The predicted molar refractivity (Wildman–Crippen MR) is 85.7 cm³/mol. The number of rotatable bonds is 7. The standard InChI is InChI=1S/C17H15ClFNO3/c18-15-3-1-2-12(9-15)8-14(11-21)17(10-20(22)23)13-4-6-16(19)7-5-13/h1-7,9,11,14,17H,8,10H2/t14-,17-/m1/s1. The van der Waals surface area contributed by atoms with Crippen LogP contribution in [-0.2, 0) is 11.2 Å². The second-order valence-corrected chi connectivity index (χ2v) is 5.74. The van der Waals surface area contributed by atoms with E-state index in [0.29, 0.717) is 17.0 Å². The third-order valence-electron chi connectivity index (χ3n) is 3.70. The summed E-state index contributed by atoms with van der Waals surface area (Å²) in [5.41, 5.74) is 1.40. The van der Waals surface area contributed by atoms with E-state index in [-0.39, 0.29) is 0 Å². The molecule has 2 aromatic carbocycles. The number of benzene rings is 2. The third kappa shape index (κ3) is 4.86. The van der Waals surface area contributed by atoms with Crippen LogP contribution in [0.25, 0.3) is 0 Å². The lowest BCUT2D eigenvalue weighted by Gasteiger charge is -2.20. The van der Waals surface area contributed by atoms with Gasteiger partial charge in [-0.15, -0.1) is 0 Å². The Morgan fingerprint density at radius 1 is 1.22 bits per heavy atom. The zero-order chi connectivity index (χ0) is 16.8. The molecule has 0 spiro atoms. The summed E-state index contributed by atoms with van der Waals surface area (Å²) in [5.74, 6) is -1.64. The fourth-order valence-corrected chi connectivity index (χ4v) is 2.79. The first-order valence-electron chi connectivity index (χ1n) is 7.06. The average molecular weight is 336 g/mol. The van der Waals surface area contributed by atoms with Crippen molar-refractivity contribution < 1.29 is 14.1 Å². The predicted octanol–water partition coefficient (Wildman–Crippen LogP) is 3.90. The number of carbonyl (C=O) groups is 1. The van der Waals surface area contributed by atoms with E-state index in [2.05, 4.69) is 0 Å². The van der Waals surface area contributed by atoms with E-state index in [0.717, 1.165) is 11.8 Å². The Labute approximate surface area is 138 Å². The molecule has 0 N–H and O–H groups in total. The maximum Gasteiger partial charge on any atom is 0.211 e. The molecule has 2 rings (SSSR count). The Morgan fingerprint density at radius 2 is 1.91 bits per heavy atom. The van der Waals surface area contributed by atoms with Gasteiger partial charge in [0.15, 0.2) is 0 Å². The van der Waals surface area contributed by atoms with Crippen molar-refractivity contribution in [3.05, 3.63) is 80.6 Å². The molecule has 2 atom stereocenters. The molecule has 0 saturated heterocycles. The summed E-state index contributed by atoms with van der Waals surface area (Å²) in [6, 6.07) is 12.5. The highest BCUT2D eigenvalue weighted by Gasteiger charge is 2.28. The molecule has 0 aromatic heterocycles. The molecule has 4 nitrogen and oxygen atoms in total. The Kier molecular flexibility index (Phi) is 5.82. The zero-order valence-corrected chi connectivity index (χ0v) is 12.9. The van der Waals surface area contributed by atoms with Crippen LogP contribution in [0.3, 0.4) is 0 Å². The van der Waals surface area contributed by atoms with Crippen LogP contribution in [0.4, 0.5) is 4.39 Å². The number of hydrogen-bond acceptors (Lipinski definition) is 3. The summed E-state index contributed by atoms with van der Waals surface area (Å²) in [4.78, 5) is 22.0. The number of nitrogens with zero attached hydrogens (tertiary/aromatic N) is 1. The molecule has 0 unspecified atom stereocenters. The summed E-state index contributed by atoms with van der Waals surface area (Å²) >= 11 is 5.93. The average Bonchev–Trinajstić information content (AvgIpc) is 2.51. The highest BCUT2D eigenvalue weighted by atomic mass is 35.5. The Hall–Kier alpha value is -2.27. The number of nitro groups is 1. The van der Waals surface area contributed by atoms with Crippen LogP contribution < -0.4 is 0 Å². The van der Waals surface area contributed by atoms with Gasteiger partial charge in [0.25, 0.3) is 0 Å². The largest absolute Gasteiger partial charge is 0.303 e. The lowest BCUT2D eigenvalue weighted by molar-refractivity contribution is -0.484. The van der Waals surface area contributed by atoms with Gasteiger partial charge in [-0.25, -0.2) is 4.39 Å². The van der Waals surface area contributed by atoms with Gasteiger partial charge in [-0.05, 0) is 41.8 Å². The van der Waals surface area contributed by atoms with E-state index >= 15 is 0 Å². The lowest BCUT2D eigenvalue weighted by Crippen LogP contribution is -2.24. The van der Waals surface area contributed by atoms with Gasteiger partial charge >= 0.3 is 0 Å². The van der Waals surface area contributed by atoms with Gasteiger partial charge in [0.2, 0.25) is 6.54 Å². The Morgan fingerprint density at radius 3 is 2.48 bits per heavy atom. The van der Waals surface area contributed by atoms with Crippen molar-refractivity contribution in [2.75, 3.05) is 6.54 Å². The van der Waals surface area contributed by atoms with Gasteiger partial charge in [-0.2, -0.15) is 0 Å². The number of carbonyl (C=O) groups excluding carboxylic acids is 1. The van der Waals surface area contributed by atoms with E-state index < -0.39 is 29.1 Å². The molecule has 0 radical (unpaired) electrons. The van der Waals surface area contributed by atoms with Gasteiger partial charge < -0.3 is 4.79 Å². The first-order chi connectivity index (χ1) is 11.0. The molecular formula is C17H15ClFNO3. The van der Waals surface area contributed by atoms with E-state index in [9.17, 15) is 19.3 Å². The summed E-state index contributed by atoms with van der Waals surface area (Å²) in [6.45, 7) is -0.393. The van der Waals surface area contributed by atoms with Crippen molar-refractivity contribution >= 4 is 17.9 Å². The maximum atomic E-state index is 13.1. The molecule has 0 aliphatic rings. The molecule has 120 valence electrons. The molecule has 0 amide bonds. The highest BCUT2D eigenvalue weighted by Crippen LogP contribution is 2.28. The van der Waals surface area contributed by atoms with Crippen molar-refractivity contribution in [2.24, 2.45) is 5.92 Å². The van der Waals surface area contributed by atoms with E-state index in [1.165, 1.54) is 24.3 Å². The van der Waals surface area contributed by atoms with E-state index in [4.69, 9.17) is 11.6 Å². The van der Waals surface area contributed by atoms with Crippen LogP contribution in [0.2, 0.25) is 5.02 Å². The topological polar surface area (TPSA) is 60.2 Å². The number of halogens is 2. The van der Waals surface area contributed by atoms with Crippen LogP contribution in [-0.4, -0.2) is 17.8 Å². The second kappa shape index (κ2) is 7.83. The van der Waals surface area contributed by atoms with Gasteiger partial charge in [-0.1, -0.05) is 35.9 Å². The number of aldehydes is 1. The molecule has 0 aliphatic heterocycles. The maximum absolute atomic E-state index is 13.1. The number of hydrogen-bond donors (Lipinski definition) is 0. The fourth-order valence-electron chi connectivity index (χ4n) is 2.58. The molecule has 2 aromatic rings. The van der Waals surface area contributed by atoms with Crippen LogP contribution in [0.15, 0.2) is 48.5 Å². The minimum atomic E-state index is -0.623. The first kappa shape index (κ1) is 17.1. The second-order valence-electron chi connectivity index (χ2n) is 5.31. The Bertz CT molecular complexity index is 690. The van der Waals surface area contributed by atoms with Crippen LogP contribution in [0, 0.1) is 21.8 Å². The Balaban J connectivity index is 2.29. The van der Waals surface area contributed by atoms with E-state index in [1.807, 2.05) is 6.07 Å². The molecule has 23 heavy (non-hydrogen) atoms. The molecule has 0 bridgehead atoms. The zero-order valence-electron chi connectivity index (χ0n) is 12.2. The summed E-state index contributed by atoms with van der Waals surface area (Å²) in [5, 5.41) is 11.5. The van der Waals surface area contributed by atoms with Crippen molar-refractivity contribution in [3.8, 4) is 0 Å². The minimum absolute atomic E-state index is 0.333. The van der Waals surface area contributed by atoms with Crippen LogP contribution in [0.5, 0.6) is 0 Å². The normalized spacial score (nSPS) is 13.3. The molecular weight excluding hydrogens is 321 g/mol. The highest BCUT2D eigenvalue weighted by molar-refractivity contribution is 6.30. The van der Waals surface area contributed by atoms with Crippen molar-refractivity contribution in [3.63, 3.8) is 0 Å². The summed E-state index contributed by atoms with van der Waals surface area (Å²) in [6.07, 6.45) is 1.05. The lowest BCUT2D eigenvalue weighted by atomic mass is 9.83. The molecule has 0 heterocycles. The van der Waals surface area contributed by atoms with Gasteiger partial charge in [0.1, 0.15) is 12.1 Å². The van der Waals surface area contributed by atoms with Crippen LogP contribution in [0.1, 0.15) is 17.0 Å². The van der Waals surface area contributed by atoms with E-state index in [1.54, 1.807) is 18.2 Å². The van der Waals surface area contributed by atoms with Gasteiger partial charge in [0, 0.05) is 15.9 Å². The molecule has 0 fully saturated rings. The SMILES string of the molecule is O=C[C@@H](Cc1cccc(Cl)c1)[C@H](C[N+](=O)[O-])c1ccc(F)cc1. The smallest absolute Gasteiger partial charge is 0.211 e. The van der Waals surface area contributed by atoms with Crippen molar-refractivity contribution in [1.29, 1.82) is 0 Å². The monoisotopic (exact) mass is 335 g/mol. The van der Waals surface area contributed by atoms with Crippen LogP contribution >= 0.6 is 11.6 Å².